The highest BCUT2D eigenvalue weighted by Crippen LogP contribution is 2.57. The van der Waals surface area contributed by atoms with Gasteiger partial charge in [0, 0.05) is 27.6 Å². The summed E-state index contributed by atoms with van der Waals surface area (Å²) in [7, 11) is 3.34. The molecule has 5 aromatic carbocycles. The molecule has 0 saturated carbocycles. The van der Waals surface area contributed by atoms with Crippen molar-refractivity contribution >= 4 is 16.8 Å². The molecule has 0 aromatic heterocycles. The second kappa shape index (κ2) is 8.98. The fraction of sp³-hybridized carbons (Fsp3) is 0.189. The van der Waals surface area contributed by atoms with Crippen LogP contribution in [0.1, 0.15) is 45.9 Å². The van der Waals surface area contributed by atoms with E-state index in [1.165, 1.54) is 0 Å². The number of ether oxygens (including phenoxy) is 3. The van der Waals surface area contributed by atoms with Gasteiger partial charge in [-0.1, -0.05) is 71.8 Å². The molecule has 204 valence electrons. The van der Waals surface area contributed by atoms with Crippen LogP contribution < -0.4 is 14.2 Å². The molecular formula is C37H32O4. The van der Waals surface area contributed by atoms with Crippen molar-refractivity contribution in [3.05, 3.63) is 130 Å². The highest BCUT2D eigenvalue weighted by atomic mass is 16.5. The van der Waals surface area contributed by atoms with Crippen molar-refractivity contribution in [2.75, 3.05) is 14.2 Å². The number of benzene rings is 5. The molecule has 0 radical (unpaired) electrons. The lowest BCUT2D eigenvalue weighted by Gasteiger charge is -2.38. The predicted octanol–water partition coefficient (Wildman–Crippen LogP) is 8.06. The van der Waals surface area contributed by atoms with Crippen LogP contribution in [0.25, 0.3) is 28.0 Å². The zero-order chi connectivity index (χ0) is 28.5. The topological polar surface area (TPSA) is 47.9 Å². The summed E-state index contributed by atoms with van der Waals surface area (Å²) in [4.78, 5) is 0. The first-order valence-corrected chi connectivity index (χ1v) is 13.9. The smallest absolute Gasteiger partial charge is 0.178 e. The second-order valence-corrected chi connectivity index (χ2v) is 11.3. The van der Waals surface area contributed by atoms with Gasteiger partial charge in [0.2, 0.25) is 0 Å². The van der Waals surface area contributed by atoms with E-state index in [4.69, 9.17) is 14.2 Å². The number of fused-ring (bicyclic) bond motifs is 8. The van der Waals surface area contributed by atoms with Gasteiger partial charge in [0.25, 0.3) is 0 Å². The van der Waals surface area contributed by atoms with Crippen molar-refractivity contribution in [2.24, 2.45) is 0 Å². The Bertz CT molecular complexity index is 1810. The third-order valence-corrected chi connectivity index (χ3v) is 8.69. The molecular weight excluding hydrogens is 508 g/mol. The minimum Gasteiger partial charge on any atom is -0.497 e. The van der Waals surface area contributed by atoms with Gasteiger partial charge in [-0.3, -0.25) is 0 Å². The lowest BCUT2D eigenvalue weighted by molar-refractivity contribution is 0.105. The molecule has 0 bridgehead atoms. The maximum Gasteiger partial charge on any atom is 0.178 e. The molecule has 1 unspecified atom stereocenters. The van der Waals surface area contributed by atoms with Crippen molar-refractivity contribution in [1.29, 1.82) is 0 Å². The Morgan fingerprint density at radius 3 is 1.90 bits per heavy atom. The van der Waals surface area contributed by atoms with Crippen molar-refractivity contribution in [3.8, 4) is 28.4 Å². The molecule has 5 aromatic rings. The summed E-state index contributed by atoms with van der Waals surface area (Å²) in [5.41, 5.74) is 7.00. The predicted molar refractivity (Wildman–Crippen MR) is 164 cm³/mol. The maximum absolute atomic E-state index is 12.2. The van der Waals surface area contributed by atoms with Crippen LogP contribution in [0.15, 0.2) is 91.0 Å². The Kier molecular flexibility index (Phi) is 5.57. The van der Waals surface area contributed by atoms with Crippen LogP contribution in [-0.2, 0) is 11.2 Å². The molecule has 1 aliphatic heterocycles. The molecule has 0 fully saturated rings. The average Bonchev–Trinajstić information content (AvgIpc) is 3.23. The zero-order valence-corrected chi connectivity index (χ0v) is 23.9. The Labute approximate surface area is 240 Å². The monoisotopic (exact) mass is 540 g/mol. The van der Waals surface area contributed by atoms with Crippen LogP contribution in [0.5, 0.6) is 17.2 Å². The van der Waals surface area contributed by atoms with Crippen molar-refractivity contribution in [3.63, 3.8) is 0 Å². The van der Waals surface area contributed by atoms with E-state index in [0.29, 0.717) is 0 Å². The highest BCUT2D eigenvalue weighted by molar-refractivity contribution is 6.08. The largest absolute Gasteiger partial charge is 0.497 e. The lowest BCUT2D eigenvalue weighted by Crippen LogP contribution is -2.35. The minimum absolute atomic E-state index is 0.765. The normalized spacial score (nSPS) is 17.9. The summed E-state index contributed by atoms with van der Waals surface area (Å²) in [6.07, 6.45) is 4.26. The standard InChI is InChI=1S/C37H32O4/c1-22-6-16-28-31(20-22)35-30(34-33(28)29-17-7-23(2)21-32(29)36(34,3)38)18-19-37(41-35,24-8-12-26(39-4)13-9-24)25-10-14-27(40-5)15-11-25/h6-21,38H,1-5H3. The van der Waals surface area contributed by atoms with Gasteiger partial charge in [0.15, 0.2) is 5.60 Å². The van der Waals surface area contributed by atoms with Crippen molar-refractivity contribution in [2.45, 2.75) is 32.0 Å². The summed E-state index contributed by atoms with van der Waals surface area (Å²) in [6, 6.07) is 28.9. The first-order valence-electron chi connectivity index (χ1n) is 13.9. The molecule has 41 heavy (non-hydrogen) atoms. The van der Waals surface area contributed by atoms with Crippen molar-refractivity contribution < 1.29 is 19.3 Å². The molecule has 0 saturated heterocycles. The van der Waals surface area contributed by atoms with Crippen LogP contribution in [0.2, 0.25) is 0 Å². The first-order chi connectivity index (χ1) is 19.8. The second-order valence-electron chi connectivity index (χ2n) is 11.3. The molecule has 1 aliphatic carbocycles. The van der Waals surface area contributed by atoms with E-state index in [1.807, 2.05) is 55.5 Å². The van der Waals surface area contributed by atoms with Crippen molar-refractivity contribution in [1.82, 2.24) is 0 Å². The van der Waals surface area contributed by atoms with Gasteiger partial charge in [-0.25, -0.2) is 0 Å². The van der Waals surface area contributed by atoms with E-state index < -0.39 is 11.2 Å². The molecule has 1 atom stereocenters. The number of hydrogen-bond acceptors (Lipinski definition) is 4. The molecule has 7 rings (SSSR count). The van der Waals surface area contributed by atoms with Gasteiger partial charge in [-0.2, -0.15) is 0 Å². The number of hydrogen-bond donors (Lipinski definition) is 1. The van der Waals surface area contributed by atoms with E-state index in [-0.39, 0.29) is 0 Å². The van der Waals surface area contributed by atoms with E-state index in [2.05, 4.69) is 62.4 Å². The van der Waals surface area contributed by atoms with E-state index in [9.17, 15) is 5.11 Å². The zero-order valence-electron chi connectivity index (χ0n) is 23.9. The van der Waals surface area contributed by atoms with Crippen LogP contribution >= 0.6 is 0 Å². The van der Waals surface area contributed by atoms with Gasteiger partial charge in [-0.05, 0) is 79.3 Å². The minimum atomic E-state index is -1.17. The summed E-state index contributed by atoms with van der Waals surface area (Å²) in [5.74, 6) is 2.32. The Hall–Kier alpha value is -4.54. The molecule has 2 aliphatic rings. The maximum atomic E-state index is 12.2. The summed E-state index contributed by atoms with van der Waals surface area (Å²) in [5, 5.41) is 14.3. The summed E-state index contributed by atoms with van der Waals surface area (Å²) < 4.78 is 18.2. The number of aliphatic hydroxyl groups is 1. The fourth-order valence-corrected chi connectivity index (χ4v) is 6.61. The van der Waals surface area contributed by atoms with Gasteiger partial charge in [0.05, 0.1) is 14.2 Å². The van der Waals surface area contributed by atoms with E-state index in [0.717, 1.165) is 78.1 Å². The average molecular weight is 541 g/mol. The third-order valence-electron chi connectivity index (χ3n) is 8.69. The van der Waals surface area contributed by atoms with Gasteiger partial charge in [0.1, 0.15) is 22.8 Å². The van der Waals surface area contributed by atoms with Gasteiger partial charge >= 0.3 is 0 Å². The molecule has 0 spiro atoms. The van der Waals surface area contributed by atoms with Gasteiger partial charge in [-0.15, -0.1) is 0 Å². The number of methoxy groups -OCH3 is 2. The summed E-state index contributed by atoms with van der Waals surface area (Å²) in [6.45, 7) is 6.07. The van der Waals surface area contributed by atoms with E-state index >= 15 is 0 Å². The van der Waals surface area contributed by atoms with Gasteiger partial charge < -0.3 is 19.3 Å². The fourth-order valence-electron chi connectivity index (χ4n) is 6.61. The van der Waals surface area contributed by atoms with E-state index in [1.54, 1.807) is 14.2 Å². The number of aryl methyl sites for hydroxylation is 2. The van der Waals surface area contributed by atoms with Crippen LogP contribution in [0.4, 0.5) is 0 Å². The van der Waals surface area contributed by atoms with Crippen LogP contribution in [0, 0.1) is 13.8 Å². The lowest BCUT2D eigenvalue weighted by atomic mass is 9.80. The molecule has 1 heterocycles. The molecule has 1 N–H and O–H groups in total. The highest BCUT2D eigenvalue weighted by Gasteiger charge is 2.45. The molecule has 0 amide bonds. The van der Waals surface area contributed by atoms with Crippen LogP contribution in [-0.4, -0.2) is 19.3 Å². The Morgan fingerprint density at radius 2 is 1.29 bits per heavy atom. The SMILES string of the molecule is COc1ccc(C2(c3ccc(OC)cc3)C=Cc3c4c(c5ccc(C)cc5c3O2)-c2ccc(C)cc2C4(C)O)cc1. The molecule has 4 heteroatoms. The van der Waals surface area contributed by atoms with Crippen LogP contribution in [0.3, 0.4) is 0 Å². The quantitative estimate of drug-likeness (QED) is 0.250. The third kappa shape index (κ3) is 3.64. The summed E-state index contributed by atoms with van der Waals surface area (Å²) >= 11 is 0. The Balaban J connectivity index is 1.54. The first kappa shape index (κ1) is 25.4. The molecule has 4 nitrogen and oxygen atoms in total. The number of rotatable bonds is 4. The Morgan fingerprint density at radius 1 is 0.707 bits per heavy atom.